The Kier molecular flexibility index (Phi) is 7.02. The third-order valence-electron chi connectivity index (χ3n) is 2.24. The first-order valence-corrected chi connectivity index (χ1v) is 6.89. The molecular formula is C14H21NS. The molecule has 1 nitrogen and oxygen atoms in total. The highest BCUT2D eigenvalue weighted by molar-refractivity contribution is 7.99. The molecule has 0 spiro atoms. The molecule has 0 aliphatic heterocycles. The van der Waals surface area contributed by atoms with Crippen molar-refractivity contribution in [2.45, 2.75) is 31.7 Å². The molecule has 0 heterocycles. The van der Waals surface area contributed by atoms with E-state index in [4.69, 9.17) is 0 Å². The molecule has 0 amide bonds. The summed E-state index contributed by atoms with van der Waals surface area (Å²) in [6.07, 6.45) is 5.47. The van der Waals surface area contributed by atoms with Crippen LogP contribution in [0.2, 0.25) is 0 Å². The van der Waals surface area contributed by atoms with Gasteiger partial charge in [-0.25, -0.2) is 0 Å². The molecule has 2 heteroatoms. The number of rotatable bonds is 7. The van der Waals surface area contributed by atoms with Crippen molar-refractivity contribution in [3.8, 4) is 0 Å². The molecular weight excluding hydrogens is 214 g/mol. The average molecular weight is 235 g/mol. The van der Waals surface area contributed by atoms with Gasteiger partial charge in [-0.1, -0.05) is 31.2 Å². The topological polar surface area (TPSA) is 12.0 Å². The first-order chi connectivity index (χ1) is 7.86. The lowest BCUT2D eigenvalue weighted by Gasteiger charge is -2.05. The molecule has 0 bridgehead atoms. The van der Waals surface area contributed by atoms with E-state index < -0.39 is 0 Å². The Labute approximate surface area is 103 Å². The normalized spacial score (nSPS) is 11.1. The highest BCUT2D eigenvalue weighted by Gasteiger charge is 1.95. The number of thioether (sulfide) groups is 1. The zero-order chi connectivity index (χ0) is 11.6. The Morgan fingerprint density at radius 2 is 2.25 bits per heavy atom. The summed E-state index contributed by atoms with van der Waals surface area (Å²) in [4.78, 5) is 1.36. The van der Waals surface area contributed by atoms with Gasteiger partial charge in [-0.2, -0.15) is 0 Å². The summed E-state index contributed by atoms with van der Waals surface area (Å²) in [5.74, 6) is 1.06. The van der Waals surface area contributed by atoms with Crippen molar-refractivity contribution in [2.75, 3.05) is 12.3 Å². The maximum Gasteiger partial charge on any atom is 0.0205 e. The Morgan fingerprint density at radius 1 is 1.38 bits per heavy atom. The summed E-state index contributed by atoms with van der Waals surface area (Å²) in [5, 5.41) is 3.42. The SMILES string of the molecule is CC=CCSc1cccc(CNCCC)c1. The second-order valence-corrected chi connectivity index (χ2v) is 4.80. The van der Waals surface area contributed by atoms with E-state index in [-0.39, 0.29) is 0 Å². The summed E-state index contributed by atoms with van der Waals surface area (Å²) in [7, 11) is 0. The third-order valence-corrected chi connectivity index (χ3v) is 3.18. The fraction of sp³-hybridized carbons (Fsp3) is 0.429. The van der Waals surface area contributed by atoms with E-state index >= 15 is 0 Å². The van der Waals surface area contributed by atoms with Crippen molar-refractivity contribution < 1.29 is 0 Å². The molecule has 0 saturated carbocycles. The van der Waals surface area contributed by atoms with Crippen LogP contribution in [0.5, 0.6) is 0 Å². The Bertz CT molecular complexity index is 320. The zero-order valence-corrected chi connectivity index (χ0v) is 11.0. The van der Waals surface area contributed by atoms with Crippen LogP contribution in [-0.4, -0.2) is 12.3 Å². The average Bonchev–Trinajstić information content (AvgIpc) is 2.30. The molecule has 0 aliphatic carbocycles. The van der Waals surface area contributed by atoms with Gasteiger partial charge in [0.15, 0.2) is 0 Å². The molecule has 0 saturated heterocycles. The van der Waals surface area contributed by atoms with Gasteiger partial charge in [-0.15, -0.1) is 11.8 Å². The second kappa shape index (κ2) is 8.43. The summed E-state index contributed by atoms with van der Waals surface area (Å²) in [6, 6.07) is 8.78. The predicted octanol–water partition coefficient (Wildman–Crippen LogP) is 3.85. The lowest BCUT2D eigenvalue weighted by Crippen LogP contribution is -2.13. The summed E-state index contributed by atoms with van der Waals surface area (Å²) >= 11 is 1.88. The molecule has 0 radical (unpaired) electrons. The van der Waals surface area contributed by atoms with Crippen molar-refractivity contribution in [3.63, 3.8) is 0 Å². The van der Waals surface area contributed by atoms with E-state index in [2.05, 4.69) is 55.6 Å². The minimum atomic E-state index is 0.978. The van der Waals surface area contributed by atoms with Gasteiger partial charge in [-0.3, -0.25) is 0 Å². The zero-order valence-electron chi connectivity index (χ0n) is 10.2. The van der Waals surface area contributed by atoms with Crippen molar-refractivity contribution in [1.29, 1.82) is 0 Å². The largest absolute Gasteiger partial charge is 0.313 e. The summed E-state index contributed by atoms with van der Waals surface area (Å²) < 4.78 is 0. The summed E-state index contributed by atoms with van der Waals surface area (Å²) in [5.41, 5.74) is 1.37. The standard InChI is InChI=1S/C14H21NS/c1-3-5-10-16-14-8-6-7-13(11-14)12-15-9-4-2/h3,5-8,11,15H,4,9-10,12H2,1-2H3. The van der Waals surface area contributed by atoms with Gasteiger partial charge in [0.2, 0.25) is 0 Å². The Morgan fingerprint density at radius 3 is 3.00 bits per heavy atom. The van der Waals surface area contributed by atoms with E-state index in [0.717, 1.165) is 18.8 Å². The molecule has 0 aromatic heterocycles. The fourth-order valence-electron chi connectivity index (χ4n) is 1.40. The minimum absolute atomic E-state index is 0.978. The van der Waals surface area contributed by atoms with Gasteiger partial charge in [-0.05, 0) is 37.6 Å². The fourth-order valence-corrected chi connectivity index (χ4v) is 2.29. The molecule has 1 rings (SSSR count). The maximum absolute atomic E-state index is 3.42. The smallest absolute Gasteiger partial charge is 0.0205 e. The Balaban J connectivity index is 2.43. The van der Waals surface area contributed by atoms with Gasteiger partial charge in [0.1, 0.15) is 0 Å². The molecule has 88 valence electrons. The molecule has 0 fully saturated rings. The number of hydrogen-bond acceptors (Lipinski definition) is 2. The monoisotopic (exact) mass is 235 g/mol. The van der Waals surface area contributed by atoms with Crippen LogP contribution in [0.15, 0.2) is 41.3 Å². The van der Waals surface area contributed by atoms with E-state index in [1.54, 1.807) is 0 Å². The minimum Gasteiger partial charge on any atom is -0.313 e. The molecule has 0 unspecified atom stereocenters. The number of nitrogens with one attached hydrogen (secondary N) is 1. The molecule has 0 aliphatic rings. The molecule has 1 aromatic carbocycles. The number of allylic oxidation sites excluding steroid dienone is 1. The first kappa shape index (κ1) is 13.3. The van der Waals surface area contributed by atoms with Gasteiger partial charge in [0.05, 0.1) is 0 Å². The van der Waals surface area contributed by atoms with E-state index in [9.17, 15) is 0 Å². The van der Waals surface area contributed by atoms with Crippen LogP contribution in [0.4, 0.5) is 0 Å². The van der Waals surface area contributed by atoms with Crippen LogP contribution in [-0.2, 0) is 6.54 Å². The maximum atomic E-state index is 3.42. The van der Waals surface area contributed by atoms with Gasteiger partial charge in [0.25, 0.3) is 0 Å². The van der Waals surface area contributed by atoms with Crippen LogP contribution >= 0.6 is 11.8 Å². The van der Waals surface area contributed by atoms with E-state index in [0.29, 0.717) is 0 Å². The first-order valence-electron chi connectivity index (χ1n) is 5.90. The van der Waals surface area contributed by atoms with Gasteiger partial charge < -0.3 is 5.32 Å². The highest BCUT2D eigenvalue weighted by Crippen LogP contribution is 2.19. The lowest BCUT2D eigenvalue weighted by atomic mass is 10.2. The molecule has 16 heavy (non-hydrogen) atoms. The lowest BCUT2D eigenvalue weighted by molar-refractivity contribution is 0.674. The third kappa shape index (κ3) is 5.38. The van der Waals surface area contributed by atoms with Crippen LogP contribution in [0.25, 0.3) is 0 Å². The quantitative estimate of drug-likeness (QED) is 0.437. The highest BCUT2D eigenvalue weighted by atomic mass is 32.2. The van der Waals surface area contributed by atoms with E-state index in [1.807, 2.05) is 11.8 Å². The van der Waals surface area contributed by atoms with Crippen LogP contribution in [0.3, 0.4) is 0 Å². The van der Waals surface area contributed by atoms with Crippen LogP contribution in [0.1, 0.15) is 25.8 Å². The number of hydrogen-bond donors (Lipinski definition) is 1. The second-order valence-electron chi connectivity index (χ2n) is 3.70. The van der Waals surface area contributed by atoms with E-state index in [1.165, 1.54) is 16.9 Å². The van der Waals surface area contributed by atoms with Crippen molar-refractivity contribution in [2.24, 2.45) is 0 Å². The van der Waals surface area contributed by atoms with Crippen LogP contribution in [0, 0.1) is 0 Å². The summed E-state index contributed by atoms with van der Waals surface area (Å²) in [6.45, 7) is 6.32. The van der Waals surface area contributed by atoms with Gasteiger partial charge in [0, 0.05) is 17.2 Å². The van der Waals surface area contributed by atoms with Crippen LogP contribution < -0.4 is 5.32 Å². The number of benzene rings is 1. The Hall–Kier alpha value is -0.730. The van der Waals surface area contributed by atoms with Crippen molar-refractivity contribution in [3.05, 3.63) is 42.0 Å². The molecule has 1 aromatic rings. The molecule has 1 N–H and O–H groups in total. The predicted molar refractivity (Wildman–Crippen MR) is 74.0 cm³/mol. The molecule has 0 atom stereocenters. The van der Waals surface area contributed by atoms with Crippen molar-refractivity contribution in [1.82, 2.24) is 5.32 Å². The van der Waals surface area contributed by atoms with Crippen molar-refractivity contribution >= 4 is 11.8 Å². The van der Waals surface area contributed by atoms with Gasteiger partial charge >= 0.3 is 0 Å².